The largest absolute Gasteiger partial charge is 0.454 e. The lowest BCUT2D eigenvalue weighted by Crippen LogP contribution is -2.12. The molecule has 1 aromatic carbocycles. The fourth-order valence-electron chi connectivity index (χ4n) is 2.04. The summed E-state index contributed by atoms with van der Waals surface area (Å²) in [6.45, 7) is 5.44. The first-order valence-corrected chi connectivity index (χ1v) is 6.10. The molecule has 0 atom stereocenters. The van der Waals surface area contributed by atoms with E-state index in [9.17, 15) is 0 Å². The highest BCUT2D eigenvalue weighted by atomic mass is 16.7. The van der Waals surface area contributed by atoms with Crippen LogP contribution in [-0.2, 0) is 13.1 Å². The minimum atomic E-state index is 0.304. The molecule has 3 rings (SSSR count). The summed E-state index contributed by atoms with van der Waals surface area (Å²) in [4.78, 5) is 0. The molecule has 1 aromatic heterocycles. The summed E-state index contributed by atoms with van der Waals surface area (Å²) in [7, 11) is 0. The Hall–Kier alpha value is -2.27. The van der Waals surface area contributed by atoms with E-state index in [1.165, 1.54) is 0 Å². The summed E-state index contributed by atoms with van der Waals surface area (Å²) in [5.74, 6) is 1.66. The molecule has 1 aliphatic rings. The topological polar surface area (TPSA) is 48.3 Å². The number of fused-ring (bicyclic) bond motifs is 1. The summed E-state index contributed by atoms with van der Waals surface area (Å²) in [6, 6.07) is 5.92. The molecular formula is C14H15N3O2. The third-order valence-electron chi connectivity index (χ3n) is 2.96. The maximum atomic E-state index is 5.46. The molecule has 0 spiro atoms. The zero-order chi connectivity index (χ0) is 13.1. The Morgan fingerprint density at radius 3 is 3.16 bits per heavy atom. The van der Waals surface area contributed by atoms with E-state index >= 15 is 0 Å². The molecule has 19 heavy (non-hydrogen) atoms. The Balaban J connectivity index is 1.61. The Kier molecular flexibility index (Phi) is 3.20. The Labute approximate surface area is 111 Å². The van der Waals surface area contributed by atoms with Crippen molar-refractivity contribution in [2.24, 2.45) is 0 Å². The molecule has 0 unspecified atom stereocenters. The molecule has 0 aliphatic carbocycles. The Bertz CT molecular complexity index is 592. The summed E-state index contributed by atoms with van der Waals surface area (Å²) in [5.41, 5.74) is 2.22. The van der Waals surface area contributed by atoms with E-state index in [4.69, 9.17) is 9.47 Å². The molecular weight excluding hydrogens is 242 g/mol. The number of hydrogen-bond acceptors (Lipinski definition) is 4. The van der Waals surface area contributed by atoms with Gasteiger partial charge in [-0.2, -0.15) is 5.10 Å². The van der Waals surface area contributed by atoms with Gasteiger partial charge in [-0.05, 0) is 6.07 Å². The zero-order valence-corrected chi connectivity index (χ0v) is 10.5. The fraction of sp³-hybridized carbons (Fsp3) is 0.214. The van der Waals surface area contributed by atoms with Crippen molar-refractivity contribution in [3.8, 4) is 11.5 Å². The van der Waals surface area contributed by atoms with Crippen LogP contribution >= 0.6 is 0 Å². The second kappa shape index (κ2) is 5.16. The Morgan fingerprint density at radius 2 is 2.32 bits per heavy atom. The second-order valence-corrected chi connectivity index (χ2v) is 4.27. The molecule has 0 radical (unpaired) electrons. The lowest BCUT2D eigenvalue weighted by Gasteiger charge is -2.06. The van der Waals surface area contributed by atoms with Gasteiger partial charge in [-0.1, -0.05) is 18.7 Å². The highest BCUT2D eigenvalue weighted by Crippen LogP contribution is 2.35. The van der Waals surface area contributed by atoms with E-state index in [1.807, 2.05) is 30.6 Å². The van der Waals surface area contributed by atoms with Gasteiger partial charge in [0.05, 0.1) is 6.20 Å². The predicted molar refractivity (Wildman–Crippen MR) is 71.7 cm³/mol. The summed E-state index contributed by atoms with van der Waals surface area (Å²) in [5, 5.41) is 7.49. The van der Waals surface area contributed by atoms with E-state index in [1.54, 1.807) is 10.9 Å². The number of hydrogen-bond donors (Lipinski definition) is 1. The van der Waals surface area contributed by atoms with E-state index in [0.717, 1.165) is 35.7 Å². The number of nitrogens with one attached hydrogen (secondary N) is 1. The van der Waals surface area contributed by atoms with Crippen molar-refractivity contribution in [2.75, 3.05) is 6.79 Å². The summed E-state index contributed by atoms with van der Waals surface area (Å²) < 4.78 is 12.5. The first kappa shape index (κ1) is 11.8. The van der Waals surface area contributed by atoms with Crippen LogP contribution in [0.5, 0.6) is 11.5 Å². The van der Waals surface area contributed by atoms with Crippen molar-refractivity contribution >= 4 is 6.20 Å². The van der Waals surface area contributed by atoms with Gasteiger partial charge in [0.25, 0.3) is 0 Å². The van der Waals surface area contributed by atoms with Gasteiger partial charge in [-0.25, -0.2) is 4.68 Å². The van der Waals surface area contributed by atoms with E-state index < -0.39 is 0 Å². The van der Waals surface area contributed by atoms with Crippen molar-refractivity contribution in [2.45, 2.75) is 13.1 Å². The van der Waals surface area contributed by atoms with Crippen molar-refractivity contribution in [3.05, 3.63) is 48.3 Å². The third-order valence-corrected chi connectivity index (χ3v) is 2.96. The molecule has 0 saturated carbocycles. The summed E-state index contributed by atoms with van der Waals surface area (Å²) >= 11 is 0. The van der Waals surface area contributed by atoms with Crippen LogP contribution in [-0.4, -0.2) is 16.6 Å². The van der Waals surface area contributed by atoms with Crippen molar-refractivity contribution < 1.29 is 9.47 Å². The van der Waals surface area contributed by atoms with Gasteiger partial charge < -0.3 is 14.8 Å². The number of benzene rings is 1. The normalized spacial score (nSPS) is 12.6. The average Bonchev–Trinajstić information content (AvgIpc) is 3.07. The molecule has 0 saturated heterocycles. The average molecular weight is 257 g/mol. The first-order chi connectivity index (χ1) is 9.36. The molecule has 2 heterocycles. The highest BCUT2D eigenvalue weighted by molar-refractivity contribution is 5.48. The Morgan fingerprint density at radius 1 is 1.37 bits per heavy atom. The maximum absolute atomic E-state index is 5.46. The van der Waals surface area contributed by atoms with Crippen LogP contribution in [0.3, 0.4) is 0 Å². The van der Waals surface area contributed by atoms with Crippen LogP contribution in [0.1, 0.15) is 11.1 Å². The molecule has 2 aromatic rings. The van der Waals surface area contributed by atoms with E-state index in [0.29, 0.717) is 6.79 Å². The summed E-state index contributed by atoms with van der Waals surface area (Å²) in [6.07, 6.45) is 5.43. The fourth-order valence-corrected chi connectivity index (χ4v) is 2.04. The van der Waals surface area contributed by atoms with Crippen LogP contribution < -0.4 is 14.8 Å². The number of nitrogens with zero attached hydrogens (tertiary/aromatic N) is 2. The van der Waals surface area contributed by atoms with Gasteiger partial charge in [-0.3, -0.25) is 0 Å². The number of para-hydroxylation sites is 1. The lowest BCUT2D eigenvalue weighted by atomic mass is 10.2. The molecule has 0 bridgehead atoms. The van der Waals surface area contributed by atoms with Gasteiger partial charge in [0.15, 0.2) is 11.5 Å². The van der Waals surface area contributed by atoms with Gasteiger partial charge in [0.1, 0.15) is 0 Å². The van der Waals surface area contributed by atoms with E-state index in [-0.39, 0.29) is 0 Å². The number of ether oxygens (including phenoxy) is 2. The zero-order valence-electron chi connectivity index (χ0n) is 10.5. The van der Waals surface area contributed by atoms with Crippen LogP contribution in [0.2, 0.25) is 0 Å². The van der Waals surface area contributed by atoms with Crippen LogP contribution in [0, 0.1) is 0 Å². The lowest BCUT2D eigenvalue weighted by molar-refractivity contribution is 0.173. The molecule has 1 N–H and O–H groups in total. The number of rotatable bonds is 5. The maximum Gasteiger partial charge on any atom is 0.231 e. The van der Waals surface area contributed by atoms with Gasteiger partial charge >= 0.3 is 0 Å². The first-order valence-electron chi connectivity index (χ1n) is 6.10. The van der Waals surface area contributed by atoms with Crippen LogP contribution in [0.25, 0.3) is 6.20 Å². The van der Waals surface area contributed by atoms with E-state index in [2.05, 4.69) is 17.0 Å². The standard InChI is InChI=1S/C14H15N3O2/c1-2-17-9-11(7-16-17)6-15-8-12-4-3-5-13-14(12)19-10-18-13/h2-5,7,9,15H,1,6,8,10H2. The third kappa shape index (κ3) is 2.46. The van der Waals surface area contributed by atoms with Crippen molar-refractivity contribution in [1.29, 1.82) is 0 Å². The van der Waals surface area contributed by atoms with Crippen LogP contribution in [0.15, 0.2) is 37.2 Å². The second-order valence-electron chi connectivity index (χ2n) is 4.27. The minimum absolute atomic E-state index is 0.304. The highest BCUT2D eigenvalue weighted by Gasteiger charge is 2.16. The van der Waals surface area contributed by atoms with Crippen molar-refractivity contribution in [1.82, 2.24) is 15.1 Å². The predicted octanol–water partition coefficient (Wildman–Crippen LogP) is 2.00. The quantitative estimate of drug-likeness (QED) is 0.890. The molecule has 0 amide bonds. The van der Waals surface area contributed by atoms with Gasteiger partial charge in [-0.15, -0.1) is 0 Å². The molecule has 5 heteroatoms. The minimum Gasteiger partial charge on any atom is -0.454 e. The molecule has 0 fully saturated rings. The van der Waals surface area contributed by atoms with Gasteiger partial charge in [0.2, 0.25) is 6.79 Å². The monoisotopic (exact) mass is 257 g/mol. The molecule has 1 aliphatic heterocycles. The van der Waals surface area contributed by atoms with Crippen LogP contribution in [0.4, 0.5) is 0 Å². The molecule has 98 valence electrons. The number of aromatic nitrogens is 2. The molecule has 5 nitrogen and oxygen atoms in total. The van der Waals surface area contributed by atoms with Gasteiger partial charge in [0, 0.05) is 36.6 Å². The SMILES string of the molecule is C=Cn1cc(CNCc2cccc3c2OCO3)cn1. The van der Waals surface area contributed by atoms with Crippen molar-refractivity contribution in [3.63, 3.8) is 0 Å². The smallest absolute Gasteiger partial charge is 0.231 e.